The summed E-state index contributed by atoms with van der Waals surface area (Å²) in [5, 5.41) is 9.70. The van der Waals surface area contributed by atoms with Gasteiger partial charge in [-0.2, -0.15) is 0 Å². The van der Waals surface area contributed by atoms with Crippen molar-refractivity contribution < 1.29 is 14.6 Å². The molecule has 0 radical (unpaired) electrons. The van der Waals surface area contributed by atoms with Crippen LogP contribution in [-0.2, 0) is 9.47 Å². The quantitative estimate of drug-likeness (QED) is 0.584. The average molecular weight is 204 g/mol. The van der Waals surface area contributed by atoms with E-state index >= 15 is 0 Å². The van der Waals surface area contributed by atoms with E-state index in [1.807, 2.05) is 13.8 Å². The number of aliphatic hydroxyl groups excluding tert-OH is 1. The van der Waals surface area contributed by atoms with E-state index < -0.39 is 0 Å². The second-order valence-corrected chi connectivity index (χ2v) is 3.37. The van der Waals surface area contributed by atoms with Crippen LogP contribution in [0.3, 0.4) is 0 Å². The molecule has 1 N–H and O–H groups in total. The van der Waals surface area contributed by atoms with Gasteiger partial charge in [0.2, 0.25) is 0 Å². The van der Waals surface area contributed by atoms with Crippen LogP contribution in [0, 0.1) is 0 Å². The molecule has 0 aromatic rings. The van der Waals surface area contributed by atoms with Crippen molar-refractivity contribution in [3.63, 3.8) is 0 Å². The molecule has 0 aliphatic heterocycles. The highest BCUT2D eigenvalue weighted by Crippen LogP contribution is 2.09. The topological polar surface area (TPSA) is 38.7 Å². The zero-order valence-electron chi connectivity index (χ0n) is 9.66. The molecule has 3 heteroatoms. The normalized spacial score (nSPS) is 15.4. The van der Waals surface area contributed by atoms with Gasteiger partial charge in [-0.1, -0.05) is 20.3 Å². The van der Waals surface area contributed by atoms with Crippen molar-refractivity contribution in [2.75, 3.05) is 19.8 Å². The van der Waals surface area contributed by atoms with Crippen LogP contribution in [-0.4, -0.2) is 37.1 Å². The van der Waals surface area contributed by atoms with Crippen LogP contribution < -0.4 is 0 Å². The fourth-order valence-electron chi connectivity index (χ4n) is 1.39. The monoisotopic (exact) mass is 204 g/mol. The molecule has 2 unspecified atom stereocenters. The first-order valence-corrected chi connectivity index (χ1v) is 5.63. The average Bonchev–Trinajstić information content (AvgIpc) is 2.18. The Labute approximate surface area is 87.4 Å². The van der Waals surface area contributed by atoms with E-state index in [0.29, 0.717) is 13.2 Å². The number of ether oxygens (including phenoxy) is 2. The lowest BCUT2D eigenvalue weighted by molar-refractivity contribution is -0.0588. The Balaban J connectivity index is 3.56. The van der Waals surface area contributed by atoms with Crippen LogP contribution in [0.4, 0.5) is 0 Å². The third kappa shape index (κ3) is 6.35. The van der Waals surface area contributed by atoms with E-state index in [1.165, 1.54) is 0 Å². The Bertz CT molecular complexity index is 117. The summed E-state index contributed by atoms with van der Waals surface area (Å²) in [6.45, 7) is 7.97. The molecule has 0 rings (SSSR count). The van der Waals surface area contributed by atoms with E-state index in [2.05, 4.69) is 6.92 Å². The molecular weight excluding hydrogens is 180 g/mol. The second-order valence-electron chi connectivity index (χ2n) is 3.37. The van der Waals surface area contributed by atoms with Crippen LogP contribution in [0.5, 0.6) is 0 Å². The molecule has 3 nitrogen and oxygen atoms in total. The van der Waals surface area contributed by atoms with Crippen LogP contribution in [0.15, 0.2) is 0 Å². The van der Waals surface area contributed by atoms with Gasteiger partial charge < -0.3 is 14.6 Å². The lowest BCUT2D eigenvalue weighted by Gasteiger charge is -2.21. The van der Waals surface area contributed by atoms with Gasteiger partial charge in [-0.15, -0.1) is 0 Å². The molecule has 0 spiro atoms. The fraction of sp³-hybridized carbons (Fsp3) is 1.00. The van der Waals surface area contributed by atoms with Crippen LogP contribution in [0.1, 0.15) is 40.0 Å². The second kappa shape index (κ2) is 9.44. The molecule has 0 aliphatic carbocycles. The summed E-state index contributed by atoms with van der Waals surface area (Å²) < 4.78 is 10.7. The molecule has 86 valence electrons. The minimum absolute atomic E-state index is 0.0320. The standard InChI is InChI=1S/C11H24O3/c1-4-7-10(12)11(5-2)14-9-8-13-6-3/h10-12H,4-9H2,1-3H3. The van der Waals surface area contributed by atoms with E-state index in [9.17, 15) is 5.11 Å². The summed E-state index contributed by atoms with van der Waals surface area (Å²) in [6.07, 6.45) is 2.30. The number of hydrogen-bond donors (Lipinski definition) is 1. The Morgan fingerprint density at radius 3 is 2.36 bits per heavy atom. The Morgan fingerprint density at radius 2 is 1.86 bits per heavy atom. The first-order chi connectivity index (χ1) is 6.76. The van der Waals surface area contributed by atoms with E-state index in [4.69, 9.17) is 9.47 Å². The first kappa shape index (κ1) is 13.9. The van der Waals surface area contributed by atoms with Crippen LogP contribution in [0.25, 0.3) is 0 Å². The lowest BCUT2D eigenvalue weighted by Crippen LogP contribution is -2.29. The van der Waals surface area contributed by atoms with Crippen LogP contribution >= 0.6 is 0 Å². The summed E-state index contributed by atoms with van der Waals surface area (Å²) in [4.78, 5) is 0. The van der Waals surface area contributed by atoms with Gasteiger partial charge >= 0.3 is 0 Å². The van der Waals surface area contributed by atoms with Crippen molar-refractivity contribution in [3.8, 4) is 0 Å². The molecule has 2 atom stereocenters. The number of rotatable bonds is 9. The molecular formula is C11H24O3. The van der Waals surface area contributed by atoms with Crippen molar-refractivity contribution >= 4 is 0 Å². The van der Waals surface area contributed by atoms with Crippen molar-refractivity contribution in [1.82, 2.24) is 0 Å². The largest absolute Gasteiger partial charge is 0.390 e. The molecule has 14 heavy (non-hydrogen) atoms. The molecule has 0 amide bonds. The van der Waals surface area contributed by atoms with Gasteiger partial charge in [0.1, 0.15) is 0 Å². The maximum absolute atomic E-state index is 9.70. The minimum Gasteiger partial charge on any atom is -0.390 e. The molecule has 0 fully saturated rings. The predicted octanol–water partition coefficient (Wildman–Crippen LogP) is 1.98. The van der Waals surface area contributed by atoms with E-state index in [1.54, 1.807) is 0 Å². The molecule has 0 saturated heterocycles. The van der Waals surface area contributed by atoms with Crippen molar-refractivity contribution in [3.05, 3.63) is 0 Å². The van der Waals surface area contributed by atoms with E-state index in [-0.39, 0.29) is 12.2 Å². The number of hydrogen-bond acceptors (Lipinski definition) is 3. The van der Waals surface area contributed by atoms with Gasteiger partial charge in [0.15, 0.2) is 0 Å². The Morgan fingerprint density at radius 1 is 1.14 bits per heavy atom. The molecule has 0 saturated carbocycles. The fourth-order valence-corrected chi connectivity index (χ4v) is 1.39. The smallest absolute Gasteiger partial charge is 0.0832 e. The summed E-state index contributed by atoms with van der Waals surface area (Å²) in [7, 11) is 0. The van der Waals surface area contributed by atoms with Crippen molar-refractivity contribution in [2.24, 2.45) is 0 Å². The summed E-state index contributed by atoms with van der Waals surface area (Å²) in [5.74, 6) is 0. The van der Waals surface area contributed by atoms with Gasteiger partial charge in [0.05, 0.1) is 25.4 Å². The minimum atomic E-state index is -0.327. The Kier molecular flexibility index (Phi) is 9.35. The lowest BCUT2D eigenvalue weighted by atomic mass is 10.1. The zero-order valence-corrected chi connectivity index (χ0v) is 9.66. The summed E-state index contributed by atoms with van der Waals surface area (Å²) in [6, 6.07) is 0. The summed E-state index contributed by atoms with van der Waals surface area (Å²) >= 11 is 0. The van der Waals surface area contributed by atoms with Gasteiger partial charge in [-0.25, -0.2) is 0 Å². The molecule has 0 bridgehead atoms. The predicted molar refractivity (Wildman–Crippen MR) is 57.4 cm³/mol. The molecule has 0 aromatic heterocycles. The maximum Gasteiger partial charge on any atom is 0.0832 e. The highest BCUT2D eigenvalue weighted by molar-refractivity contribution is 4.66. The SMILES string of the molecule is CCCC(O)C(CC)OCCOCC. The third-order valence-electron chi connectivity index (χ3n) is 2.18. The zero-order chi connectivity index (χ0) is 10.8. The van der Waals surface area contributed by atoms with Gasteiger partial charge in [-0.3, -0.25) is 0 Å². The van der Waals surface area contributed by atoms with Crippen LogP contribution in [0.2, 0.25) is 0 Å². The molecule has 0 heterocycles. The maximum atomic E-state index is 9.70. The van der Waals surface area contributed by atoms with Gasteiger partial charge in [0.25, 0.3) is 0 Å². The van der Waals surface area contributed by atoms with Gasteiger partial charge in [-0.05, 0) is 19.8 Å². The Hall–Kier alpha value is -0.120. The first-order valence-electron chi connectivity index (χ1n) is 5.63. The number of aliphatic hydroxyl groups is 1. The molecule has 0 aromatic carbocycles. The highest BCUT2D eigenvalue weighted by Gasteiger charge is 2.16. The molecule has 0 aliphatic rings. The summed E-state index contributed by atoms with van der Waals surface area (Å²) in [5.41, 5.74) is 0. The highest BCUT2D eigenvalue weighted by atomic mass is 16.5. The van der Waals surface area contributed by atoms with E-state index in [0.717, 1.165) is 25.9 Å². The van der Waals surface area contributed by atoms with Gasteiger partial charge in [0, 0.05) is 6.61 Å². The van der Waals surface area contributed by atoms with Crippen molar-refractivity contribution in [2.45, 2.75) is 52.2 Å². The third-order valence-corrected chi connectivity index (χ3v) is 2.18. The van der Waals surface area contributed by atoms with Crippen molar-refractivity contribution in [1.29, 1.82) is 0 Å².